The molecule has 0 aromatic heterocycles. The summed E-state index contributed by atoms with van der Waals surface area (Å²) in [6.07, 6.45) is 6.16. The van der Waals surface area contributed by atoms with Crippen LogP contribution in [0.1, 0.15) is 11.1 Å². The first-order valence-corrected chi connectivity index (χ1v) is 11.8. The van der Waals surface area contributed by atoms with Crippen LogP contribution >= 0.6 is 22.6 Å². The highest BCUT2D eigenvalue weighted by atomic mass is 127. The molecule has 2 nitrogen and oxygen atoms in total. The van der Waals surface area contributed by atoms with Crippen molar-refractivity contribution in [2.24, 2.45) is 0 Å². The lowest BCUT2D eigenvalue weighted by molar-refractivity contribution is 1.54. The Bertz CT molecular complexity index is 1310. The van der Waals surface area contributed by atoms with E-state index in [0.717, 1.165) is 44.8 Å². The van der Waals surface area contributed by atoms with E-state index in [9.17, 15) is 0 Å². The summed E-state index contributed by atoms with van der Waals surface area (Å²) in [7, 11) is 0. The van der Waals surface area contributed by atoms with Crippen LogP contribution in [0.25, 0.3) is 22.3 Å². The summed E-state index contributed by atoms with van der Waals surface area (Å²) in [5, 5.41) is 3.38. The van der Waals surface area contributed by atoms with Gasteiger partial charge in [0.05, 0.1) is 0 Å². The third kappa shape index (κ3) is 6.02. The zero-order chi connectivity index (χ0) is 23.0. The van der Waals surface area contributed by atoms with Crippen LogP contribution in [0, 0.1) is 3.57 Å². The predicted molar refractivity (Wildman–Crippen MR) is 152 cm³/mol. The summed E-state index contributed by atoms with van der Waals surface area (Å²) in [6, 6.07) is 34.9. The van der Waals surface area contributed by atoms with Gasteiger partial charge in [0, 0.05) is 26.7 Å². The van der Waals surface area contributed by atoms with E-state index in [1.54, 1.807) is 0 Å². The average Bonchev–Trinajstić information content (AvgIpc) is 2.85. The van der Waals surface area contributed by atoms with Gasteiger partial charge in [-0.15, -0.1) is 0 Å². The number of nitrogen functional groups attached to an aromatic ring is 1. The molecule has 0 unspecified atom stereocenters. The summed E-state index contributed by atoms with van der Waals surface area (Å²) < 4.78 is 1.19. The smallest absolute Gasteiger partial charge is 0.0394 e. The van der Waals surface area contributed by atoms with E-state index in [1.165, 1.54) is 3.57 Å². The van der Waals surface area contributed by atoms with E-state index in [1.807, 2.05) is 54.7 Å². The molecule has 0 radical (unpaired) electrons. The lowest BCUT2D eigenvalue weighted by Crippen LogP contribution is -1.93. The fourth-order valence-electron chi connectivity index (χ4n) is 3.56. The molecule has 0 bridgehead atoms. The Kier molecular flexibility index (Phi) is 7.43. The van der Waals surface area contributed by atoms with Gasteiger partial charge in [-0.2, -0.15) is 0 Å². The van der Waals surface area contributed by atoms with Gasteiger partial charge in [0.2, 0.25) is 0 Å². The van der Waals surface area contributed by atoms with Crippen molar-refractivity contribution in [1.82, 2.24) is 0 Å². The van der Waals surface area contributed by atoms with Crippen molar-refractivity contribution < 1.29 is 0 Å². The predicted octanol–water partition coefficient (Wildman–Crippen LogP) is 8.26. The second-order valence-electron chi connectivity index (χ2n) is 7.65. The Balaban J connectivity index is 1.71. The Morgan fingerprint density at radius 2 is 1.52 bits per heavy atom. The summed E-state index contributed by atoms with van der Waals surface area (Å²) in [5.41, 5.74) is 14.4. The van der Waals surface area contributed by atoms with Gasteiger partial charge in [-0.25, -0.2) is 0 Å². The lowest BCUT2D eigenvalue weighted by atomic mass is 9.95. The maximum atomic E-state index is 6.34. The molecule has 4 rings (SSSR count). The van der Waals surface area contributed by atoms with Gasteiger partial charge in [-0.05, 0) is 92.9 Å². The number of nitrogens with two attached hydrogens (primary N) is 1. The Morgan fingerprint density at radius 3 is 2.24 bits per heavy atom. The highest BCUT2D eigenvalue weighted by Crippen LogP contribution is 2.31. The van der Waals surface area contributed by atoms with E-state index in [4.69, 9.17) is 5.73 Å². The van der Waals surface area contributed by atoms with Gasteiger partial charge < -0.3 is 11.1 Å². The molecule has 0 saturated carbocycles. The summed E-state index contributed by atoms with van der Waals surface area (Å²) >= 11 is 2.32. The molecule has 0 aliphatic rings. The minimum Gasteiger partial charge on any atom is -0.398 e. The zero-order valence-corrected chi connectivity index (χ0v) is 20.4. The van der Waals surface area contributed by atoms with Crippen molar-refractivity contribution in [2.45, 2.75) is 0 Å². The molecule has 3 N–H and O–H groups in total. The third-order valence-corrected chi connectivity index (χ3v) is 5.95. The van der Waals surface area contributed by atoms with E-state index >= 15 is 0 Å². The van der Waals surface area contributed by atoms with Gasteiger partial charge >= 0.3 is 0 Å². The second kappa shape index (κ2) is 10.8. The number of allylic oxidation sites excluding steroid dienone is 4. The number of hydrogen-bond donors (Lipinski definition) is 2. The standard InChI is InChI=1S/C30H25IN2/c1-22(23-9-4-2-5-10-23)19-26(17-18-33-28-14-8-13-27(31)21-28)25-15-16-30(32)29(20-25)24-11-6-3-7-12-24/h2-21,33H,1,32H2/b18-17-,26-19+. The normalized spacial score (nSPS) is 11.5. The van der Waals surface area contributed by atoms with Crippen molar-refractivity contribution in [3.05, 3.63) is 143 Å². The lowest BCUT2D eigenvalue weighted by Gasteiger charge is -2.11. The Labute approximate surface area is 209 Å². The van der Waals surface area contributed by atoms with E-state index in [0.29, 0.717) is 0 Å². The van der Waals surface area contributed by atoms with Gasteiger partial charge in [-0.1, -0.05) is 79.4 Å². The van der Waals surface area contributed by atoms with E-state index < -0.39 is 0 Å². The second-order valence-corrected chi connectivity index (χ2v) is 8.89. The summed E-state index contributed by atoms with van der Waals surface area (Å²) in [5.74, 6) is 0. The van der Waals surface area contributed by atoms with Crippen molar-refractivity contribution in [3.8, 4) is 11.1 Å². The molecule has 4 aromatic rings. The van der Waals surface area contributed by atoms with Crippen LogP contribution < -0.4 is 11.1 Å². The molecule has 0 spiro atoms. The quantitative estimate of drug-likeness (QED) is 0.141. The molecule has 0 heterocycles. The average molecular weight is 540 g/mol. The molecule has 0 fully saturated rings. The molecule has 0 aliphatic carbocycles. The fraction of sp³-hybridized carbons (Fsp3) is 0. The van der Waals surface area contributed by atoms with Gasteiger partial charge in [-0.3, -0.25) is 0 Å². The maximum Gasteiger partial charge on any atom is 0.0394 e. The molecular formula is C30H25IN2. The Hall–Kier alpha value is -3.57. The van der Waals surface area contributed by atoms with Crippen LogP contribution in [0.3, 0.4) is 0 Å². The van der Waals surface area contributed by atoms with E-state index in [2.05, 4.69) is 101 Å². The van der Waals surface area contributed by atoms with Gasteiger partial charge in [0.15, 0.2) is 0 Å². The summed E-state index contributed by atoms with van der Waals surface area (Å²) in [6.45, 7) is 4.31. The zero-order valence-electron chi connectivity index (χ0n) is 18.2. The van der Waals surface area contributed by atoms with Gasteiger partial charge in [0.1, 0.15) is 0 Å². The first kappa shape index (κ1) is 22.6. The molecule has 0 aliphatic heterocycles. The van der Waals surface area contributed by atoms with Crippen LogP contribution in [0.4, 0.5) is 11.4 Å². The van der Waals surface area contributed by atoms with Gasteiger partial charge in [0.25, 0.3) is 0 Å². The summed E-state index contributed by atoms with van der Waals surface area (Å²) in [4.78, 5) is 0. The molecular weight excluding hydrogens is 515 g/mol. The monoisotopic (exact) mass is 540 g/mol. The SMILES string of the molecule is C=C(/C=C(\C=C/Nc1cccc(I)c1)c1ccc(N)c(-c2ccccc2)c1)c1ccccc1. The van der Waals surface area contributed by atoms with Crippen LogP contribution in [-0.4, -0.2) is 0 Å². The van der Waals surface area contributed by atoms with Crippen molar-refractivity contribution in [1.29, 1.82) is 0 Å². The number of anilines is 2. The number of nitrogens with one attached hydrogen (secondary N) is 1. The van der Waals surface area contributed by atoms with E-state index in [-0.39, 0.29) is 0 Å². The molecule has 162 valence electrons. The highest BCUT2D eigenvalue weighted by Gasteiger charge is 2.07. The fourth-order valence-corrected chi connectivity index (χ4v) is 4.10. The molecule has 0 saturated heterocycles. The number of rotatable bonds is 7. The minimum absolute atomic E-state index is 0.757. The largest absolute Gasteiger partial charge is 0.398 e. The third-order valence-electron chi connectivity index (χ3n) is 5.28. The first-order chi connectivity index (χ1) is 16.1. The molecule has 33 heavy (non-hydrogen) atoms. The van der Waals surface area contributed by atoms with Crippen molar-refractivity contribution in [3.63, 3.8) is 0 Å². The maximum absolute atomic E-state index is 6.34. The minimum atomic E-state index is 0.757. The number of hydrogen-bond acceptors (Lipinski definition) is 2. The van der Waals surface area contributed by atoms with Crippen LogP contribution in [0.5, 0.6) is 0 Å². The molecule has 4 aromatic carbocycles. The molecule has 0 atom stereocenters. The van der Waals surface area contributed by atoms with Crippen molar-refractivity contribution in [2.75, 3.05) is 11.1 Å². The molecule has 0 amide bonds. The topological polar surface area (TPSA) is 38.0 Å². The Morgan fingerprint density at radius 1 is 0.788 bits per heavy atom. The van der Waals surface area contributed by atoms with Crippen LogP contribution in [-0.2, 0) is 0 Å². The molecule has 3 heteroatoms. The van der Waals surface area contributed by atoms with Crippen molar-refractivity contribution >= 4 is 45.1 Å². The number of halogens is 1. The highest BCUT2D eigenvalue weighted by molar-refractivity contribution is 14.1. The van der Waals surface area contributed by atoms with Crippen LogP contribution in [0.15, 0.2) is 128 Å². The van der Waals surface area contributed by atoms with Crippen LogP contribution in [0.2, 0.25) is 0 Å². The first-order valence-electron chi connectivity index (χ1n) is 10.7. The number of benzene rings is 4.